The number of imidazole rings is 1. The van der Waals surface area contributed by atoms with Gasteiger partial charge in [-0.2, -0.15) is 26.3 Å². The number of aliphatic hydroxyl groups excluding tert-OH is 1. The smallest absolute Gasteiger partial charge is 0.383 e. The Morgan fingerprint density at radius 1 is 1.13 bits per heavy atom. The van der Waals surface area contributed by atoms with Crippen molar-refractivity contribution in [2.24, 2.45) is 0 Å². The molecule has 172 valence electrons. The molecule has 3 heterocycles. The van der Waals surface area contributed by atoms with Gasteiger partial charge in [-0.25, -0.2) is 9.97 Å². The van der Waals surface area contributed by atoms with E-state index in [4.69, 9.17) is 10.5 Å². The molecule has 0 spiro atoms. The summed E-state index contributed by atoms with van der Waals surface area (Å²) in [6, 6.07) is 0.673. The van der Waals surface area contributed by atoms with Gasteiger partial charge in [0.05, 0.1) is 24.5 Å². The van der Waals surface area contributed by atoms with Crippen molar-refractivity contribution in [1.29, 1.82) is 0 Å². The number of hydrogen-bond acceptors (Lipinski definition) is 6. The van der Waals surface area contributed by atoms with Crippen molar-refractivity contribution in [3.63, 3.8) is 0 Å². The molecule has 1 saturated heterocycles. The van der Waals surface area contributed by atoms with Crippen molar-refractivity contribution >= 4 is 5.82 Å². The number of hydrogen-bond donors (Lipinski definition) is 2. The lowest BCUT2D eigenvalue weighted by Crippen LogP contribution is -2.37. The van der Waals surface area contributed by atoms with Crippen molar-refractivity contribution in [2.75, 3.05) is 38.6 Å². The Morgan fingerprint density at radius 3 is 2.42 bits per heavy atom. The monoisotopic (exact) mass is 453 g/mol. The van der Waals surface area contributed by atoms with Gasteiger partial charge in [0.2, 0.25) is 6.10 Å². The summed E-state index contributed by atoms with van der Waals surface area (Å²) < 4.78 is 85.0. The first-order valence-electron chi connectivity index (χ1n) is 9.42. The minimum Gasteiger partial charge on any atom is -0.383 e. The van der Waals surface area contributed by atoms with Crippen LogP contribution in [0, 0.1) is 0 Å². The second-order valence-corrected chi connectivity index (χ2v) is 7.08. The maximum Gasteiger partial charge on any atom is 0.421 e. The molecule has 3 rings (SSSR count). The van der Waals surface area contributed by atoms with E-state index in [1.54, 1.807) is 0 Å². The third kappa shape index (κ3) is 5.66. The molecule has 1 unspecified atom stereocenters. The molecule has 0 amide bonds. The number of ether oxygens (including phenoxy) is 1. The molecular formula is C18H21F6N5O2. The molecule has 7 nitrogen and oxygen atoms in total. The van der Waals surface area contributed by atoms with Crippen molar-refractivity contribution in [2.45, 2.75) is 31.4 Å². The maximum absolute atomic E-state index is 13.1. The van der Waals surface area contributed by atoms with Crippen molar-refractivity contribution < 1.29 is 36.2 Å². The number of nitrogens with two attached hydrogens (primary N) is 1. The van der Waals surface area contributed by atoms with E-state index in [1.807, 2.05) is 0 Å². The number of halogens is 6. The number of aliphatic hydroxyl groups is 1. The molecule has 13 heteroatoms. The molecule has 2 aromatic rings. The summed E-state index contributed by atoms with van der Waals surface area (Å²) in [4.78, 5) is 9.34. The van der Waals surface area contributed by atoms with Crippen LogP contribution >= 0.6 is 0 Å². The minimum atomic E-state index is -4.99. The molecule has 0 saturated carbocycles. The summed E-state index contributed by atoms with van der Waals surface area (Å²) in [5.41, 5.74) is 3.71. The van der Waals surface area contributed by atoms with Gasteiger partial charge < -0.3 is 20.1 Å². The molecule has 2 aromatic heterocycles. The lowest BCUT2D eigenvalue weighted by Gasteiger charge is -2.26. The summed E-state index contributed by atoms with van der Waals surface area (Å²) in [6.45, 7) is 3.20. The Balaban J connectivity index is 1.88. The van der Waals surface area contributed by atoms with Crippen LogP contribution in [0.1, 0.15) is 23.9 Å². The van der Waals surface area contributed by atoms with Crippen LogP contribution in [0.4, 0.5) is 32.2 Å². The van der Waals surface area contributed by atoms with Gasteiger partial charge in [0.25, 0.3) is 0 Å². The molecule has 31 heavy (non-hydrogen) atoms. The number of pyridine rings is 1. The Kier molecular flexibility index (Phi) is 6.76. The van der Waals surface area contributed by atoms with E-state index in [1.165, 1.54) is 6.20 Å². The molecule has 1 fully saturated rings. The standard InChI is InChI=1S/C18H21F6N5O2/c19-17(20,21)12-8-11(9-26-15(12)25)13-10-29(16(27-13)14(30)18(22,23)24)3-1-2-28-4-6-31-7-5-28/h8-10,14,30H,1-7H2,(H2,25,26). The zero-order chi connectivity index (χ0) is 22.8. The average molecular weight is 453 g/mol. The first-order valence-corrected chi connectivity index (χ1v) is 9.42. The average Bonchev–Trinajstić information content (AvgIpc) is 3.11. The molecule has 3 N–H and O–H groups in total. The Labute approximate surface area is 173 Å². The third-order valence-corrected chi connectivity index (χ3v) is 4.86. The number of aryl methyl sites for hydroxylation is 1. The SMILES string of the molecule is Nc1ncc(-c2cn(CCCN3CCOCC3)c(C(O)C(F)(F)F)n2)cc1C(F)(F)F. The van der Waals surface area contributed by atoms with Gasteiger partial charge in [-0.3, -0.25) is 4.90 Å². The van der Waals surface area contributed by atoms with E-state index < -0.39 is 35.7 Å². The van der Waals surface area contributed by atoms with Crippen molar-refractivity contribution in [3.05, 3.63) is 29.8 Å². The molecule has 0 bridgehead atoms. The number of nitrogens with zero attached hydrogens (tertiary/aromatic N) is 4. The van der Waals surface area contributed by atoms with Crippen LogP contribution in [0.25, 0.3) is 11.3 Å². The number of rotatable bonds is 6. The maximum atomic E-state index is 13.1. The van der Waals surface area contributed by atoms with Crippen molar-refractivity contribution in [1.82, 2.24) is 19.4 Å². The molecular weight excluding hydrogens is 432 g/mol. The van der Waals surface area contributed by atoms with E-state index in [0.717, 1.165) is 10.8 Å². The van der Waals surface area contributed by atoms with Gasteiger partial charge in [0.1, 0.15) is 11.6 Å². The molecule has 0 aromatic carbocycles. The number of alkyl halides is 6. The highest BCUT2D eigenvalue weighted by atomic mass is 19.4. The van der Waals surface area contributed by atoms with E-state index in [-0.39, 0.29) is 17.8 Å². The normalized spacial score (nSPS) is 17.1. The second kappa shape index (κ2) is 9.01. The highest BCUT2D eigenvalue weighted by Crippen LogP contribution is 2.36. The summed E-state index contributed by atoms with van der Waals surface area (Å²) in [5, 5.41) is 9.72. The van der Waals surface area contributed by atoms with Gasteiger partial charge in [0.15, 0.2) is 0 Å². The number of anilines is 1. The highest BCUT2D eigenvalue weighted by molar-refractivity contribution is 5.62. The van der Waals surface area contributed by atoms with E-state index in [0.29, 0.717) is 45.3 Å². The largest absolute Gasteiger partial charge is 0.421 e. The molecule has 1 atom stereocenters. The first-order chi connectivity index (χ1) is 14.5. The fourth-order valence-corrected chi connectivity index (χ4v) is 3.24. The predicted molar refractivity (Wildman–Crippen MR) is 97.8 cm³/mol. The molecule has 1 aliphatic rings. The predicted octanol–water partition coefficient (Wildman–Crippen LogP) is 2.86. The first kappa shape index (κ1) is 23.3. The fraction of sp³-hybridized carbons (Fsp3) is 0.556. The van der Waals surface area contributed by atoms with Crippen LogP contribution in [0.15, 0.2) is 18.5 Å². The minimum absolute atomic E-state index is 0.0847. The molecule has 0 radical (unpaired) electrons. The summed E-state index contributed by atoms with van der Waals surface area (Å²) >= 11 is 0. The van der Waals surface area contributed by atoms with E-state index >= 15 is 0 Å². The zero-order valence-electron chi connectivity index (χ0n) is 16.2. The van der Waals surface area contributed by atoms with Gasteiger partial charge in [-0.1, -0.05) is 0 Å². The van der Waals surface area contributed by atoms with Crippen LogP contribution in [0.5, 0.6) is 0 Å². The van der Waals surface area contributed by atoms with Crippen LogP contribution in [0.3, 0.4) is 0 Å². The van der Waals surface area contributed by atoms with Gasteiger partial charge in [0, 0.05) is 44.1 Å². The zero-order valence-corrected chi connectivity index (χ0v) is 16.2. The highest BCUT2D eigenvalue weighted by Gasteiger charge is 2.42. The Hall–Kier alpha value is -2.38. The molecule has 1 aliphatic heterocycles. The fourth-order valence-electron chi connectivity index (χ4n) is 3.24. The summed E-state index contributed by atoms with van der Waals surface area (Å²) in [5.74, 6) is -1.45. The van der Waals surface area contributed by atoms with Crippen LogP contribution in [-0.4, -0.2) is 63.6 Å². The van der Waals surface area contributed by atoms with Crippen molar-refractivity contribution in [3.8, 4) is 11.3 Å². The Morgan fingerprint density at radius 2 is 1.81 bits per heavy atom. The van der Waals surface area contributed by atoms with Gasteiger partial charge in [-0.15, -0.1) is 0 Å². The topological polar surface area (TPSA) is 89.4 Å². The number of aromatic nitrogens is 3. The van der Waals surface area contributed by atoms with Gasteiger partial charge in [-0.05, 0) is 12.5 Å². The van der Waals surface area contributed by atoms with E-state index in [9.17, 15) is 31.4 Å². The van der Waals surface area contributed by atoms with E-state index in [2.05, 4.69) is 14.9 Å². The third-order valence-electron chi connectivity index (χ3n) is 4.86. The summed E-state index contributed by atoms with van der Waals surface area (Å²) in [6.07, 6.45) is -10.0. The molecule has 0 aliphatic carbocycles. The summed E-state index contributed by atoms with van der Waals surface area (Å²) in [7, 11) is 0. The van der Waals surface area contributed by atoms with Crippen LogP contribution < -0.4 is 5.73 Å². The lowest BCUT2D eigenvalue weighted by atomic mass is 10.1. The second-order valence-electron chi connectivity index (χ2n) is 7.08. The van der Waals surface area contributed by atoms with Crippen LogP contribution in [-0.2, 0) is 17.5 Å². The number of nitrogen functional groups attached to an aromatic ring is 1. The number of morpholine rings is 1. The van der Waals surface area contributed by atoms with Gasteiger partial charge >= 0.3 is 12.4 Å². The Bertz CT molecular complexity index is 893. The quantitative estimate of drug-likeness (QED) is 0.654. The lowest BCUT2D eigenvalue weighted by molar-refractivity contribution is -0.209. The van der Waals surface area contributed by atoms with Crippen LogP contribution in [0.2, 0.25) is 0 Å².